The van der Waals surface area contributed by atoms with E-state index >= 15 is 0 Å². The van der Waals surface area contributed by atoms with Gasteiger partial charge in [-0.05, 0) is 29.6 Å². The molecule has 0 saturated carbocycles. The van der Waals surface area contributed by atoms with Gasteiger partial charge in [0.05, 0.1) is 11.8 Å². The van der Waals surface area contributed by atoms with Crippen LogP contribution in [0.15, 0.2) is 46.9 Å². The molecule has 1 aromatic heterocycles. The minimum atomic E-state index is -4.51. The third kappa shape index (κ3) is 6.26. The van der Waals surface area contributed by atoms with E-state index < -0.39 is 23.7 Å². The van der Waals surface area contributed by atoms with Gasteiger partial charge in [0.2, 0.25) is 0 Å². The van der Waals surface area contributed by atoms with E-state index in [1.165, 1.54) is 29.7 Å². The van der Waals surface area contributed by atoms with Gasteiger partial charge in [0.15, 0.2) is 0 Å². The smallest absolute Gasteiger partial charge is 0.329 e. The molecule has 0 aliphatic carbocycles. The van der Waals surface area contributed by atoms with Crippen LogP contribution >= 0.6 is 11.3 Å². The highest BCUT2D eigenvalue weighted by atomic mass is 32.1. The van der Waals surface area contributed by atoms with Crippen LogP contribution in [0, 0.1) is 0 Å². The van der Waals surface area contributed by atoms with Crippen molar-refractivity contribution >= 4 is 35.2 Å². The number of halogens is 3. The topological polar surface area (TPSA) is 82.6 Å². The highest BCUT2D eigenvalue weighted by Gasteiger charge is 2.30. The molecule has 0 fully saturated rings. The van der Waals surface area contributed by atoms with Crippen LogP contribution < -0.4 is 16.1 Å². The summed E-state index contributed by atoms with van der Waals surface area (Å²) in [4.78, 5) is 24.0. The molecular formula is C15H13F3N4O2S. The average molecular weight is 370 g/mol. The van der Waals surface area contributed by atoms with Gasteiger partial charge in [-0.25, -0.2) is 10.2 Å². The SMILES string of the molecule is O=C(CNC(=O)Nc1cccc(C(F)(F)F)c1)NN=Cc1cccs1. The van der Waals surface area contributed by atoms with Gasteiger partial charge in [0, 0.05) is 10.6 Å². The molecule has 0 spiro atoms. The van der Waals surface area contributed by atoms with Crippen molar-refractivity contribution in [2.24, 2.45) is 5.10 Å². The van der Waals surface area contributed by atoms with E-state index in [1.807, 2.05) is 11.4 Å². The summed E-state index contributed by atoms with van der Waals surface area (Å²) in [5, 5.41) is 9.99. The zero-order chi connectivity index (χ0) is 18.3. The van der Waals surface area contributed by atoms with Crippen LogP contribution in [0.2, 0.25) is 0 Å². The Morgan fingerprint density at radius 1 is 1.20 bits per heavy atom. The maximum Gasteiger partial charge on any atom is 0.416 e. The van der Waals surface area contributed by atoms with Crippen molar-refractivity contribution in [3.8, 4) is 0 Å². The monoisotopic (exact) mass is 370 g/mol. The number of hydrazone groups is 1. The number of carbonyl (C=O) groups is 2. The summed E-state index contributed by atoms with van der Waals surface area (Å²) < 4.78 is 37.8. The lowest BCUT2D eigenvalue weighted by Crippen LogP contribution is -2.37. The molecule has 3 amide bonds. The van der Waals surface area contributed by atoms with Gasteiger partial charge in [-0.15, -0.1) is 11.3 Å². The Morgan fingerprint density at radius 2 is 2.00 bits per heavy atom. The van der Waals surface area contributed by atoms with Crippen molar-refractivity contribution in [2.75, 3.05) is 11.9 Å². The quantitative estimate of drug-likeness (QED) is 0.558. The summed E-state index contributed by atoms with van der Waals surface area (Å²) in [5.74, 6) is -0.577. The van der Waals surface area contributed by atoms with Crippen LogP contribution in [0.4, 0.5) is 23.7 Å². The largest absolute Gasteiger partial charge is 0.416 e. The molecule has 132 valence electrons. The second-order valence-electron chi connectivity index (χ2n) is 4.69. The second-order valence-corrected chi connectivity index (χ2v) is 5.67. The van der Waals surface area contributed by atoms with Gasteiger partial charge in [0.1, 0.15) is 6.54 Å². The Hall–Kier alpha value is -2.88. The lowest BCUT2D eigenvalue weighted by atomic mass is 10.2. The molecule has 0 radical (unpaired) electrons. The van der Waals surface area contributed by atoms with Gasteiger partial charge in [-0.2, -0.15) is 18.3 Å². The molecule has 25 heavy (non-hydrogen) atoms. The molecule has 0 bridgehead atoms. The summed E-state index contributed by atoms with van der Waals surface area (Å²) >= 11 is 1.44. The van der Waals surface area contributed by atoms with Crippen LogP contribution in [0.5, 0.6) is 0 Å². The highest BCUT2D eigenvalue weighted by molar-refractivity contribution is 7.11. The van der Waals surface area contributed by atoms with Gasteiger partial charge in [-0.1, -0.05) is 12.1 Å². The predicted octanol–water partition coefficient (Wildman–Crippen LogP) is 3.04. The normalized spacial score (nSPS) is 11.3. The number of carbonyl (C=O) groups excluding carboxylic acids is 2. The Kier molecular flexibility index (Phi) is 6.12. The molecular weight excluding hydrogens is 357 g/mol. The van der Waals surface area contributed by atoms with E-state index in [1.54, 1.807) is 6.07 Å². The standard InChI is InChI=1S/C15H13F3N4O2S/c16-15(17,18)10-3-1-4-11(7-10)21-14(24)19-9-13(23)22-20-8-12-5-2-6-25-12/h1-8H,9H2,(H,22,23)(H2,19,21,24). The third-order valence-electron chi connectivity index (χ3n) is 2.78. The number of urea groups is 1. The zero-order valence-corrected chi connectivity index (χ0v) is 13.4. The van der Waals surface area contributed by atoms with Gasteiger partial charge in [0.25, 0.3) is 5.91 Å². The number of rotatable bonds is 5. The predicted molar refractivity (Wildman–Crippen MR) is 88.5 cm³/mol. The Labute approximate surface area is 144 Å². The fourth-order valence-corrected chi connectivity index (χ4v) is 2.27. The first kappa shape index (κ1) is 18.5. The third-order valence-corrected chi connectivity index (χ3v) is 3.59. The first-order chi connectivity index (χ1) is 11.8. The van der Waals surface area contributed by atoms with Crippen LogP contribution in [0.25, 0.3) is 0 Å². The van der Waals surface area contributed by atoms with E-state index in [2.05, 4.69) is 21.2 Å². The van der Waals surface area contributed by atoms with Gasteiger partial charge < -0.3 is 10.6 Å². The van der Waals surface area contributed by atoms with Crippen LogP contribution in [-0.4, -0.2) is 24.7 Å². The Morgan fingerprint density at radius 3 is 2.68 bits per heavy atom. The lowest BCUT2D eigenvalue weighted by Gasteiger charge is -2.10. The Bertz CT molecular complexity index is 760. The number of amides is 3. The molecule has 3 N–H and O–H groups in total. The van der Waals surface area contributed by atoms with E-state index in [0.29, 0.717) is 0 Å². The molecule has 2 aromatic rings. The lowest BCUT2D eigenvalue weighted by molar-refractivity contribution is -0.137. The van der Waals surface area contributed by atoms with Gasteiger partial charge >= 0.3 is 12.2 Å². The van der Waals surface area contributed by atoms with Gasteiger partial charge in [-0.3, -0.25) is 4.79 Å². The maximum atomic E-state index is 12.6. The molecule has 1 aromatic carbocycles. The molecule has 0 atom stereocenters. The van der Waals surface area contributed by atoms with E-state index in [4.69, 9.17) is 0 Å². The zero-order valence-electron chi connectivity index (χ0n) is 12.6. The summed E-state index contributed by atoms with van der Waals surface area (Å²) in [6.45, 7) is -0.382. The first-order valence-electron chi connectivity index (χ1n) is 6.92. The number of nitrogens with one attached hydrogen (secondary N) is 3. The molecule has 0 aliphatic rings. The maximum absolute atomic E-state index is 12.6. The number of hydrogen-bond acceptors (Lipinski definition) is 4. The number of nitrogens with zero attached hydrogens (tertiary/aromatic N) is 1. The van der Waals surface area contributed by atoms with E-state index in [9.17, 15) is 22.8 Å². The molecule has 10 heteroatoms. The minimum absolute atomic E-state index is 0.0385. The van der Waals surface area contributed by atoms with Crippen molar-refractivity contribution < 1.29 is 22.8 Å². The highest BCUT2D eigenvalue weighted by Crippen LogP contribution is 2.30. The summed E-state index contributed by atoms with van der Waals surface area (Å²) in [6.07, 6.45) is -3.06. The number of anilines is 1. The number of alkyl halides is 3. The average Bonchev–Trinajstić information content (AvgIpc) is 3.06. The summed E-state index contributed by atoms with van der Waals surface area (Å²) in [7, 11) is 0. The van der Waals surface area contributed by atoms with E-state index in [0.717, 1.165) is 17.0 Å². The van der Waals surface area contributed by atoms with Crippen molar-refractivity contribution in [1.82, 2.24) is 10.7 Å². The molecule has 0 unspecified atom stereocenters. The van der Waals surface area contributed by atoms with Crippen LogP contribution in [-0.2, 0) is 11.0 Å². The Balaban J connectivity index is 1.77. The van der Waals surface area contributed by atoms with Crippen molar-refractivity contribution in [1.29, 1.82) is 0 Å². The first-order valence-corrected chi connectivity index (χ1v) is 7.80. The molecule has 6 nitrogen and oxygen atoms in total. The molecule has 2 rings (SSSR count). The molecule has 1 heterocycles. The fraction of sp³-hybridized carbons (Fsp3) is 0.133. The van der Waals surface area contributed by atoms with Crippen molar-refractivity contribution in [2.45, 2.75) is 6.18 Å². The number of thiophene rings is 1. The molecule has 0 aliphatic heterocycles. The number of hydrogen-bond donors (Lipinski definition) is 3. The fourth-order valence-electron chi connectivity index (χ4n) is 1.68. The van der Waals surface area contributed by atoms with Crippen LogP contribution in [0.3, 0.4) is 0 Å². The second kappa shape index (κ2) is 8.29. The van der Waals surface area contributed by atoms with Crippen molar-refractivity contribution in [3.63, 3.8) is 0 Å². The molecule has 0 saturated heterocycles. The van der Waals surface area contributed by atoms with E-state index in [-0.39, 0.29) is 12.2 Å². The summed E-state index contributed by atoms with van der Waals surface area (Å²) in [5.41, 5.74) is 1.29. The summed E-state index contributed by atoms with van der Waals surface area (Å²) in [6, 6.07) is 6.99. The minimum Gasteiger partial charge on any atom is -0.329 e. The van der Waals surface area contributed by atoms with Crippen molar-refractivity contribution in [3.05, 3.63) is 52.2 Å². The van der Waals surface area contributed by atoms with Crippen LogP contribution in [0.1, 0.15) is 10.4 Å². The number of benzene rings is 1.